The minimum Gasteiger partial charge on any atom is -0.494 e. The Morgan fingerprint density at radius 3 is 2.50 bits per heavy atom. The van der Waals surface area contributed by atoms with Gasteiger partial charge < -0.3 is 4.74 Å². The van der Waals surface area contributed by atoms with Crippen molar-refractivity contribution < 1.29 is 13.9 Å². The lowest BCUT2D eigenvalue weighted by Crippen LogP contribution is -2.20. The van der Waals surface area contributed by atoms with Crippen LogP contribution in [0.2, 0.25) is 0 Å². The zero-order chi connectivity index (χ0) is 15.9. The summed E-state index contributed by atoms with van der Waals surface area (Å²) < 4.78 is 18.8. The Kier molecular flexibility index (Phi) is 5.25. The molecule has 5 heteroatoms. The second-order valence-electron chi connectivity index (χ2n) is 4.58. The highest BCUT2D eigenvalue weighted by atomic mass is 19.1. The quantitative estimate of drug-likeness (QED) is 0.680. The van der Waals surface area contributed by atoms with Crippen molar-refractivity contribution in [1.29, 1.82) is 0 Å². The summed E-state index contributed by atoms with van der Waals surface area (Å²) in [6.07, 6.45) is 0. The Hall–Kier alpha value is -2.69. The van der Waals surface area contributed by atoms with Crippen molar-refractivity contribution in [3.63, 3.8) is 0 Å². The van der Waals surface area contributed by atoms with Gasteiger partial charge in [-0.25, -0.2) is 9.82 Å². The summed E-state index contributed by atoms with van der Waals surface area (Å²) in [4.78, 5) is 11.9. The first-order chi connectivity index (χ1) is 10.6. The van der Waals surface area contributed by atoms with Crippen LogP contribution in [0.3, 0.4) is 0 Å². The molecule has 2 aromatic rings. The molecule has 1 amide bonds. The predicted octanol–water partition coefficient (Wildman–Crippen LogP) is 3.38. The van der Waals surface area contributed by atoms with Gasteiger partial charge in [-0.3, -0.25) is 4.79 Å². The molecule has 0 aliphatic rings. The summed E-state index contributed by atoms with van der Waals surface area (Å²) in [6, 6.07) is 13.1. The number of rotatable bonds is 5. The maximum atomic E-state index is 13.5. The molecule has 0 aliphatic heterocycles. The van der Waals surface area contributed by atoms with Crippen LogP contribution in [0.15, 0.2) is 53.6 Å². The molecule has 114 valence electrons. The van der Waals surface area contributed by atoms with Crippen LogP contribution >= 0.6 is 0 Å². The van der Waals surface area contributed by atoms with Gasteiger partial charge in [-0.05, 0) is 55.8 Å². The number of nitrogens with zero attached hydrogens (tertiary/aromatic N) is 1. The molecule has 2 aromatic carbocycles. The van der Waals surface area contributed by atoms with Gasteiger partial charge >= 0.3 is 0 Å². The normalized spacial score (nSPS) is 11.1. The second kappa shape index (κ2) is 7.36. The first-order valence-electron chi connectivity index (χ1n) is 6.94. The van der Waals surface area contributed by atoms with Crippen LogP contribution in [-0.4, -0.2) is 18.2 Å². The van der Waals surface area contributed by atoms with Gasteiger partial charge in [0.2, 0.25) is 0 Å². The number of ether oxygens (including phenoxy) is 1. The molecule has 0 fully saturated rings. The molecule has 0 saturated heterocycles. The Morgan fingerprint density at radius 1 is 1.18 bits per heavy atom. The van der Waals surface area contributed by atoms with Crippen LogP contribution in [0.4, 0.5) is 4.39 Å². The Labute approximate surface area is 128 Å². The van der Waals surface area contributed by atoms with E-state index in [-0.39, 0.29) is 5.56 Å². The zero-order valence-corrected chi connectivity index (χ0v) is 12.5. The molecule has 0 spiro atoms. The molecule has 0 aromatic heterocycles. The van der Waals surface area contributed by atoms with Crippen LogP contribution in [-0.2, 0) is 0 Å². The number of amides is 1. The highest BCUT2D eigenvalue weighted by Gasteiger charge is 2.09. The van der Waals surface area contributed by atoms with Gasteiger partial charge in [0, 0.05) is 0 Å². The van der Waals surface area contributed by atoms with Crippen molar-refractivity contribution >= 4 is 11.6 Å². The van der Waals surface area contributed by atoms with Crippen molar-refractivity contribution in [3.8, 4) is 5.75 Å². The van der Waals surface area contributed by atoms with Gasteiger partial charge in [0.1, 0.15) is 11.6 Å². The van der Waals surface area contributed by atoms with Crippen molar-refractivity contribution in [1.82, 2.24) is 5.43 Å². The minimum absolute atomic E-state index is 0.0363. The van der Waals surface area contributed by atoms with Crippen molar-refractivity contribution in [2.75, 3.05) is 6.61 Å². The summed E-state index contributed by atoms with van der Waals surface area (Å²) in [7, 11) is 0. The number of benzene rings is 2. The second-order valence-corrected chi connectivity index (χ2v) is 4.58. The lowest BCUT2D eigenvalue weighted by Gasteiger charge is -2.06. The Morgan fingerprint density at radius 2 is 1.86 bits per heavy atom. The molecule has 0 radical (unpaired) electrons. The van der Waals surface area contributed by atoms with Gasteiger partial charge in [0.05, 0.1) is 17.9 Å². The van der Waals surface area contributed by atoms with E-state index in [1.807, 2.05) is 31.2 Å². The molecule has 1 N–H and O–H groups in total. The number of carbonyl (C=O) groups excluding carboxylic acids is 1. The molecule has 0 aliphatic carbocycles. The van der Waals surface area contributed by atoms with E-state index in [4.69, 9.17) is 4.74 Å². The fourth-order valence-corrected chi connectivity index (χ4v) is 1.86. The third-order valence-electron chi connectivity index (χ3n) is 3.03. The molecule has 2 rings (SSSR count). The lowest BCUT2D eigenvalue weighted by molar-refractivity contribution is 0.0951. The van der Waals surface area contributed by atoms with Crippen LogP contribution in [0, 0.1) is 5.82 Å². The number of hydrogen-bond acceptors (Lipinski definition) is 3. The molecule has 0 atom stereocenters. The zero-order valence-electron chi connectivity index (χ0n) is 12.5. The molecule has 0 unspecified atom stereocenters. The third kappa shape index (κ3) is 3.91. The predicted molar refractivity (Wildman–Crippen MR) is 83.7 cm³/mol. The minimum atomic E-state index is -0.580. The topological polar surface area (TPSA) is 50.7 Å². The fourth-order valence-electron chi connectivity index (χ4n) is 1.86. The molecule has 0 heterocycles. The van der Waals surface area contributed by atoms with Crippen LogP contribution in [0.25, 0.3) is 0 Å². The van der Waals surface area contributed by atoms with Gasteiger partial charge in [0.15, 0.2) is 0 Å². The van der Waals surface area contributed by atoms with E-state index in [1.54, 1.807) is 13.0 Å². The largest absolute Gasteiger partial charge is 0.494 e. The first-order valence-corrected chi connectivity index (χ1v) is 6.94. The van der Waals surface area contributed by atoms with E-state index in [0.29, 0.717) is 12.3 Å². The standard InChI is InChI=1S/C17H17FN2O2/c1-3-22-14-10-8-13(9-11-14)12(2)19-20-17(21)15-6-4-5-7-16(15)18/h4-11H,3H2,1-2H3,(H,20,21)/b19-12-. The highest BCUT2D eigenvalue weighted by molar-refractivity contribution is 6.00. The lowest BCUT2D eigenvalue weighted by atomic mass is 10.1. The Balaban J connectivity index is 2.06. The van der Waals surface area contributed by atoms with Gasteiger partial charge in [-0.2, -0.15) is 5.10 Å². The van der Waals surface area contributed by atoms with E-state index in [0.717, 1.165) is 11.3 Å². The average molecular weight is 300 g/mol. The summed E-state index contributed by atoms with van der Waals surface area (Å²) in [6.45, 7) is 4.28. The molecule has 22 heavy (non-hydrogen) atoms. The van der Waals surface area contributed by atoms with Gasteiger partial charge in [0.25, 0.3) is 5.91 Å². The Bertz CT molecular complexity index is 681. The summed E-state index contributed by atoms with van der Waals surface area (Å²) in [5, 5.41) is 4.00. The maximum Gasteiger partial charge on any atom is 0.274 e. The summed E-state index contributed by atoms with van der Waals surface area (Å²) >= 11 is 0. The van der Waals surface area contributed by atoms with Crippen LogP contribution in [0.1, 0.15) is 29.8 Å². The van der Waals surface area contributed by atoms with E-state index >= 15 is 0 Å². The average Bonchev–Trinajstić information content (AvgIpc) is 2.54. The monoisotopic (exact) mass is 300 g/mol. The van der Waals surface area contributed by atoms with Crippen molar-refractivity contribution in [3.05, 3.63) is 65.5 Å². The molecule has 0 bridgehead atoms. The third-order valence-corrected chi connectivity index (χ3v) is 3.03. The van der Waals surface area contributed by atoms with Gasteiger partial charge in [-0.1, -0.05) is 12.1 Å². The SMILES string of the molecule is CCOc1ccc(/C(C)=N\NC(=O)c2ccccc2F)cc1. The van der Waals surface area contributed by atoms with Crippen molar-refractivity contribution in [2.24, 2.45) is 5.10 Å². The summed E-state index contributed by atoms with van der Waals surface area (Å²) in [5.41, 5.74) is 3.78. The molecular formula is C17H17FN2O2. The first kappa shape index (κ1) is 15.7. The highest BCUT2D eigenvalue weighted by Crippen LogP contribution is 2.12. The molecular weight excluding hydrogens is 283 g/mol. The number of carbonyl (C=O) groups is 1. The maximum absolute atomic E-state index is 13.5. The van der Waals surface area contributed by atoms with E-state index < -0.39 is 11.7 Å². The summed E-state index contributed by atoms with van der Waals surface area (Å²) in [5.74, 6) is -0.383. The van der Waals surface area contributed by atoms with Crippen molar-refractivity contribution in [2.45, 2.75) is 13.8 Å². The van der Waals surface area contributed by atoms with Gasteiger partial charge in [-0.15, -0.1) is 0 Å². The number of hydrazone groups is 1. The smallest absolute Gasteiger partial charge is 0.274 e. The van der Waals surface area contributed by atoms with Crippen LogP contribution < -0.4 is 10.2 Å². The van der Waals surface area contributed by atoms with E-state index in [2.05, 4.69) is 10.5 Å². The fraction of sp³-hybridized carbons (Fsp3) is 0.176. The number of nitrogens with one attached hydrogen (secondary N) is 1. The molecule has 0 saturated carbocycles. The van der Waals surface area contributed by atoms with E-state index in [9.17, 15) is 9.18 Å². The number of halogens is 1. The van der Waals surface area contributed by atoms with E-state index in [1.165, 1.54) is 18.2 Å². The van der Waals surface area contributed by atoms with Crippen LogP contribution in [0.5, 0.6) is 5.75 Å². The molecule has 4 nitrogen and oxygen atoms in total. The number of hydrogen-bond donors (Lipinski definition) is 1.